The first-order chi connectivity index (χ1) is 14.1. The van der Waals surface area contributed by atoms with Crippen LogP contribution in [0.15, 0.2) is 12.3 Å². The van der Waals surface area contributed by atoms with Gasteiger partial charge in [-0.1, -0.05) is 0 Å². The summed E-state index contributed by atoms with van der Waals surface area (Å²) >= 11 is 0. The van der Waals surface area contributed by atoms with Crippen LogP contribution in [-0.4, -0.2) is 45.8 Å². The van der Waals surface area contributed by atoms with Gasteiger partial charge in [0.2, 0.25) is 0 Å². The van der Waals surface area contributed by atoms with Gasteiger partial charge in [0.25, 0.3) is 0 Å². The zero-order valence-electron chi connectivity index (χ0n) is 18.5. The van der Waals surface area contributed by atoms with E-state index in [0.29, 0.717) is 6.42 Å². The molecule has 0 bridgehead atoms. The summed E-state index contributed by atoms with van der Waals surface area (Å²) in [6, 6.07) is 2.09. The number of aryl methyl sites for hydroxylation is 1. The van der Waals surface area contributed by atoms with Gasteiger partial charge < -0.3 is 19.2 Å². The highest BCUT2D eigenvalue weighted by molar-refractivity contribution is 6.65. The summed E-state index contributed by atoms with van der Waals surface area (Å²) in [5, 5.41) is 14.9. The van der Waals surface area contributed by atoms with Gasteiger partial charge in [-0.25, -0.2) is 4.68 Å². The molecule has 8 heteroatoms. The van der Waals surface area contributed by atoms with E-state index in [0.717, 1.165) is 53.4 Å². The molecule has 1 aromatic heterocycles. The van der Waals surface area contributed by atoms with E-state index in [9.17, 15) is 9.90 Å². The molecule has 162 valence electrons. The van der Waals surface area contributed by atoms with Crippen LogP contribution >= 0.6 is 0 Å². The molecule has 7 nitrogen and oxygen atoms in total. The lowest BCUT2D eigenvalue weighted by Gasteiger charge is -2.32. The van der Waals surface area contributed by atoms with E-state index in [1.54, 1.807) is 0 Å². The standard InChI is InChI=1S/C22H31BN2O5/c1-14-12-17-16(13-24-25(17)18-8-6-7-11-28-18)20(15(14)9-10-19(26)27)23-29-21(2,3)22(4,5)30-23/h12-13,18H,6-11H2,1-5H3,(H,26,27). The lowest BCUT2D eigenvalue weighted by molar-refractivity contribution is -0.136. The maximum Gasteiger partial charge on any atom is 0.495 e. The molecule has 0 amide bonds. The van der Waals surface area contributed by atoms with E-state index in [1.807, 2.05) is 45.5 Å². The van der Waals surface area contributed by atoms with Crippen LogP contribution in [0.25, 0.3) is 10.9 Å². The molecular weight excluding hydrogens is 383 g/mol. The van der Waals surface area contributed by atoms with Gasteiger partial charge >= 0.3 is 13.1 Å². The molecule has 30 heavy (non-hydrogen) atoms. The fourth-order valence-corrected chi connectivity index (χ4v) is 4.33. The average Bonchev–Trinajstić information content (AvgIpc) is 3.17. The minimum absolute atomic E-state index is 0.0543. The first-order valence-corrected chi connectivity index (χ1v) is 10.8. The van der Waals surface area contributed by atoms with Crippen LogP contribution in [0.4, 0.5) is 0 Å². The van der Waals surface area contributed by atoms with E-state index >= 15 is 0 Å². The highest BCUT2D eigenvalue weighted by Gasteiger charge is 2.53. The van der Waals surface area contributed by atoms with Gasteiger partial charge in [-0.15, -0.1) is 0 Å². The number of carboxylic acids is 1. The molecule has 1 atom stereocenters. The summed E-state index contributed by atoms with van der Waals surface area (Å²) < 4.78 is 20.7. The Morgan fingerprint density at radius 2 is 1.97 bits per heavy atom. The van der Waals surface area contributed by atoms with E-state index in [1.165, 1.54) is 0 Å². The van der Waals surface area contributed by atoms with E-state index in [4.69, 9.17) is 14.0 Å². The van der Waals surface area contributed by atoms with Gasteiger partial charge in [0.15, 0.2) is 6.23 Å². The molecule has 2 fully saturated rings. The molecule has 4 rings (SSSR count). The quantitative estimate of drug-likeness (QED) is 0.756. The van der Waals surface area contributed by atoms with Crippen molar-refractivity contribution in [3.63, 3.8) is 0 Å². The van der Waals surface area contributed by atoms with Gasteiger partial charge in [-0.2, -0.15) is 5.10 Å². The summed E-state index contributed by atoms with van der Waals surface area (Å²) in [6.45, 7) is 10.9. The maximum atomic E-state index is 11.3. The number of ether oxygens (including phenoxy) is 1. The van der Waals surface area contributed by atoms with Gasteiger partial charge in [0, 0.05) is 18.4 Å². The predicted octanol–water partition coefficient (Wildman–Crippen LogP) is 3.36. The van der Waals surface area contributed by atoms with Gasteiger partial charge in [0.05, 0.1) is 22.9 Å². The number of carboxylic acid groups (broad SMARTS) is 1. The molecule has 2 aliphatic rings. The molecule has 2 saturated heterocycles. The number of hydrogen-bond acceptors (Lipinski definition) is 5. The Kier molecular flexibility index (Phi) is 5.45. The minimum atomic E-state index is -0.819. The number of nitrogens with zero attached hydrogens (tertiary/aromatic N) is 2. The number of hydrogen-bond donors (Lipinski definition) is 1. The summed E-state index contributed by atoms with van der Waals surface area (Å²) in [5.74, 6) is -0.819. The van der Waals surface area contributed by atoms with Crippen LogP contribution in [0, 0.1) is 6.92 Å². The van der Waals surface area contributed by atoms with Crippen LogP contribution in [0.3, 0.4) is 0 Å². The average molecular weight is 414 g/mol. The summed E-state index contributed by atoms with van der Waals surface area (Å²) in [6.07, 6.45) is 5.37. The molecule has 2 aliphatic heterocycles. The SMILES string of the molecule is Cc1cc2c(cnn2C2CCCCO2)c(B2OC(C)(C)C(C)(C)O2)c1CCC(=O)O. The number of benzene rings is 1. The van der Waals surface area contributed by atoms with Gasteiger partial charge in [0.1, 0.15) is 0 Å². The van der Waals surface area contributed by atoms with Crippen molar-refractivity contribution >= 4 is 29.5 Å². The fraction of sp³-hybridized carbons (Fsp3) is 0.636. The first-order valence-electron chi connectivity index (χ1n) is 10.8. The third-order valence-electron chi connectivity index (χ3n) is 6.78. The third-order valence-corrected chi connectivity index (χ3v) is 6.78. The zero-order valence-corrected chi connectivity index (χ0v) is 18.5. The third kappa shape index (κ3) is 3.65. The van der Waals surface area contributed by atoms with E-state index in [-0.39, 0.29) is 12.6 Å². The molecule has 1 unspecified atom stereocenters. The Morgan fingerprint density at radius 3 is 2.57 bits per heavy atom. The van der Waals surface area contributed by atoms with E-state index < -0.39 is 24.3 Å². The number of aliphatic carboxylic acids is 1. The molecule has 0 radical (unpaired) electrons. The van der Waals surface area contributed by atoms with Crippen LogP contribution in [0.1, 0.15) is 70.7 Å². The number of rotatable bonds is 5. The van der Waals surface area contributed by atoms with Crippen molar-refractivity contribution in [2.45, 2.75) is 84.2 Å². The number of aromatic nitrogens is 2. The molecular formula is C22H31BN2O5. The second kappa shape index (κ2) is 7.66. The van der Waals surface area contributed by atoms with Crippen molar-refractivity contribution in [3.8, 4) is 0 Å². The lowest BCUT2D eigenvalue weighted by atomic mass is 9.72. The number of carbonyl (C=O) groups is 1. The normalized spacial score (nSPS) is 23.2. The Hall–Kier alpha value is -1.90. The number of fused-ring (bicyclic) bond motifs is 1. The molecule has 1 N–H and O–H groups in total. The highest BCUT2D eigenvalue weighted by atomic mass is 16.7. The maximum absolute atomic E-state index is 11.3. The van der Waals surface area contributed by atoms with Crippen LogP contribution in [0.5, 0.6) is 0 Å². The van der Waals surface area contributed by atoms with Crippen LogP contribution in [0.2, 0.25) is 0 Å². The molecule has 3 heterocycles. The second-order valence-electron chi connectivity index (χ2n) is 9.41. The van der Waals surface area contributed by atoms with Crippen molar-refractivity contribution in [3.05, 3.63) is 23.4 Å². The van der Waals surface area contributed by atoms with Crippen molar-refractivity contribution in [2.24, 2.45) is 0 Å². The predicted molar refractivity (Wildman–Crippen MR) is 115 cm³/mol. The van der Waals surface area contributed by atoms with Crippen molar-refractivity contribution in [1.82, 2.24) is 9.78 Å². The van der Waals surface area contributed by atoms with Crippen molar-refractivity contribution in [2.75, 3.05) is 6.61 Å². The Labute approximate surface area is 177 Å². The van der Waals surface area contributed by atoms with Crippen molar-refractivity contribution in [1.29, 1.82) is 0 Å². The smallest absolute Gasteiger partial charge is 0.481 e. The molecule has 0 aliphatic carbocycles. The molecule has 0 saturated carbocycles. The van der Waals surface area contributed by atoms with Gasteiger partial charge in [-0.05, 0) is 83.0 Å². The second-order valence-corrected chi connectivity index (χ2v) is 9.41. The Bertz CT molecular complexity index is 946. The summed E-state index contributed by atoms with van der Waals surface area (Å²) in [4.78, 5) is 11.3. The topological polar surface area (TPSA) is 82.8 Å². The van der Waals surface area contributed by atoms with Crippen molar-refractivity contribution < 1.29 is 23.9 Å². The van der Waals surface area contributed by atoms with E-state index in [2.05, 4.69) is 11.2 Å². The Balaban J connectivity index is 1.85. The Morgan fingerprint density at radius 1 is 1.27 bits per heavy atom. The monoisotopic (exact) mass is 414 g/mol. The molecule has 0 spiro atoms. The van der Waals surface area contributed by atoms with Crippen LogP contribution < -0.4 is 5.46 Å². The zero-order chi connectivity index (χ0) is 21.7. The van der Waals surface area contributed by atoms with Crippen LogP contribution in [-0.2, 0) is 25.3 Å². The first kappa shape index (κ1) is 21.3. The summed E-state index contributed by atoms with van der Waals surface area (Å²) in [5.41, 5.74) is 2.88. The molecule has 2 aromatic rings. The summed E-state index contributed by atoms with van der Waals surface area (Å²) in [7, 11) is -0.578. The minimum Gasteiger partial charge on any atom is -0.481 e. The van der Waals surface area contributed by atoms with Gasteiger partial charge in [-0.3, -0.25) is 4.79 Å². The lowest BCUT2D eigenvalue weighted by Crippen LogP contribution is -2.41. The highest BCUT2D eigenvalue weighted by Crippen LogP contribution is 2.38. The largest absolute Gasteiger partial charge is 0.495 e. The fourth-order valence-electron chi connectivity index (χ4n) is 4.33. The molecule has 1 aromatic carbocycles.